The van der Waals surface area contributed by atoms with Crippen molar-refractivity contribution in [2.24, 2.45) is 5.73 Å². The van der Waals surface area contributed by atoms with Gasteiger partial charge in [0.05, 0.1) is 10.5 Å². The molecule has 14 heavy (non-hydrogen) atoms. The van der Waals surface area contributed by atoms with Gasteiger partial charge in [-0.2, -0.15) is 5.26 Å². The molecule has 2 rings (SSSR count). The van der Waals surface area contributed by atoms with Crippen LogP contribution in [0.4, 0.5) is 0 Å². The van der Waals surface area contributed by atoms with Gasteiger partial charge in [-0.15, -0.1) is 0 Å². The molecule has 0 amide bonds. The van der Waals surface area contributed by atoms with Gasteiger partial charge in [-0.1, -0.05) is 0 Å². The Labute approximate surface area is 89.3 Å². The lowest BCUT2D eigenvalue weighted by molar-refractivity contribution is 0.173. The number of nitrogens with zero attached hydrogens (tertiary/aromatic N) is 1. The fraction of sp³-hybridized carbons (Fsp3) is 0.222. The van der Waals surface area contributed by atoms with Gasteiger partial charge < -0.3 is 15.2 Å². The largest absolute Gasteiger partial charge is 0.454 e. The molecule has 0 aliphatic carbocycles. The van der Waals surface area contributed by atoms with Crippen LogP contribution in [-0.4, -0.2) is 6.79 Å². The molecule has 0 aromatic heterocycles. The number of nitriles is 1. The van der Waals surface area contributed by atoms with Crippen molar-refractivity contribution < 1.29 is 9.47 Å². The minimum absolute atomic E-state index is 0.208. The summed E-state index contributed by atoms with van der Waals surface area (Å²) in [4.78, 5) is 0. The third-order valence-electron chi connectivity index (χ3n) is 1.95. The summed E-state index contributed by atoms with van der Waals surface area (Å²) in [5.41, 5.74) is 6.29. The van der Waals surface area contributed by atoms with Crippen molar-refractivity contribution >= 4 is 15.9 Å². The van der Waals surface area contributed by atoms with E-state index in [4.69, 9.17) is 20.5 Å². The standard InChI is InChI=1S/C9H7BrN2O2/c10-6-1-5(7(12)3-11)2-8-9(6)14-4-13-8/h1-2,7H,4,12H2. The number of benzene rings is 1. The summed E-state index contributed by atoms with van der Waals surface area (Å²) in [7, 11) is 0. The summed E-state index contributed by atoms with van der Waals surface area (Å²) in [5.74, 6) is 1.29. The predicted molar refractivity (Wildman–Crippen MR) is 52.8 cm³/mol. The Kier molecular flexibility index (Phi) is 2.32. The third kappa shape index (κ3) is 1.43. The van der Waals surface area contributed by atoms with Crippen LogP contribution in [0.25, 0.3) is 0 Å². The Bertz CT molecular complexity index is 414. The van der Waals surface area contributed by atoms with Crippen LogP contribution in [-0.2, 0) is 0 Å². The van der Waals surface area contributed by atoms with Crippen LogP contribution in [0.5, 0.6) is 11.5 Å². The van der Waals surface area contributed by atoms with Crippen molar-refractivity contribution in [2.75, 3.05) is 6.79 Å². The van der Waals surface area contributed by atoms with Crippen LogP contribution in [0.15, 0.2) is 16.6 Å². The van der Waals surface area contributed by atoms with Crippen LogP contribution in [0, 0.1) is 11.3 Å². The molecule has 1 aromatic rings. The van der Waals surface area contributed by atoms with Gasteiger partial charge >= 0.3 is 0 Å². The van der Waals surface area contributed by atoms with Crippen molar-refractivity contribution in [1.82, 2.24) is 0 Å². The third-order valence-corrected chi connectivity index (χ3v) is 2.54. The van der Waals surface area contributed by atoms with E-state index in [2.05, 4.69) is 15.9 Å². The minimum atomic E-state index is -0.638. The molecule has 1 unspecified atom stereocenters. The smallest absolute Gasteiger partial charge is 0.231 e. The number of nitrogens with two attached hydrogens (primary N) is 1. The fourth-order valence-electron chi connectivity index (χ4n) is 1.24. The molecule has 5 heteroatoms. The second kappa shape index (κ2) is 3.48. The summed E-state index contributed by atoms with van der Waals surface area (Å²) in [5, 5.41) is 8.67. The Hall–Kier alpha value is -1.25. The molecule has 2 N–H and O–H groups in total. The number of hydrogen-bond donors (Lipinski definition) is 1. The van der Waals surface area contributed by atoms with Crippen LogP contribution < -0.4 is 15.2 Å². The van der Waals surface area contributed by atoms with Crippen molar-refractivity contribution in [3.8, 4) is 17.6 Å². The molecule has 0 bridgehead atoms. The number of fused-ring (bicyclic) bond motifs is 1. The van der Waals surface area contributed by atoms with Gasteiger partial charge in [0, 0.05) is 0 Å². The molecular weight excluding hydrogens is 248 g/mol. The maximum absolute atomic E-state index is 8.67. The van der Waals surface area contributed by atoms with Gasteiger partial charge in [0.1, 0.15) is 6.04 Å². The van der Waals surface area contributed by atoms with Crippen molar-refractivity contribution in [3.63, 3.8) is 0 Å². The Morgan fingerprint density at radius 2 is 2.29 bits per heavy atom. The quantitative estimate of drug-likeness (QED) is 0.829. The number of hydrogen-bond acceptors (Lipinski definition) is 4. The first kappa shape index (κ1) is 9.31. The fourth-order valence-corrected chi connectivity index (χ4v) is 1.82. The molecular formula is C9H7BrN2O2. The molecule has 1 aliphatic heterocycles. The first-order chi connectivity index (χ1) is 6.72. The van der Waals surface area contributed by atoms with Gasteiger partial charge in [-0.05, 0) is 33.6 Å². The topological polar surface area (TPSA) is 68.3 Å². The lowest BCUT2D eigenvalue weighted by Gasteiger charge is -2.05. The summed E-state index contributed by atoms with van der Waals surface area (Å²) < 4.78 is 11.2. The molecule has 1 aliphatic rings. The Balaban J connectivity index is 2.48. The Morgan fingerprint density at radius 3 is 3.00 bits per heavy atom. The van der Waals surface area contributed by atoms with E-state index in [1.165, 1.54) is 0 Å². The monoisotopic (exact) mass is 254 g/mol. The lowest BCUT2D eigenvalue weighted by atomic mass is 10.1. The minimum Gasteiger partial charge on any atom is -0.454 e. The maximum atomic E-state index is 8.67. The first-order valence-electron chi connectivity index (χ1n) is 3.96. The molecule has 1 heterocycles. The molecule has 1 atom stereocenters. The molecule has 0 radical (unpaired) electrons. The molecule has 0 saturated carbocycles. The Morgan fingerprint density at radius 1 is 1.50 bits per heavy atom. The highest BCUT2D eigenvalue weighted by molar-refractivity contribution is 9.10. The lowest BCUT2D eigenvalue weighted by Crippen LogP contribution is -2.06. The SMILES string of the molecule is N#CC(N)c1cc(Br)c2c(c1)OCO2. The number of ether oxygens (including phenoxy) is 2. The van der Waals surface area contributed by atoms with E-state index in [0.717, 1.165) is 4.47 Å². The van der Waals surface area contributed by atoms with Crippen LogP contribution in [0.3, 0.4) is 0 Å². The molecule has 72 valence electrons. The van der Waals surface area contributed by atoms with E-state index < -0.39 is 6.04 Å². The second-order valence-corrected chi connectivity index (χ2v) is 3.70. The van der Waals surface area contributed by atoms with Crippen molar-refractivity contribution in [1.29, 1.82) is 5.26 Å². The summed E-state index contributed by atoms with van der Waals surface area (Å²) in [6.07, 6.45) is 0. The maximum Gasteiger partial charge on any atom is 0.231 e. The zero-order valence-corrected chi connectivity index (χ0v) is 8.74. The molecule has 1 aromatic carbocycles. The molecule has 0 fully saturated rings. The molecule has 0 saturated heterocycles. The van der Waals surface area contributed by atoms with E-state index >= 15 is 0 Å². The highest BCUT2D eigenvalue weighted by Crippen LogP contribution is 2.40. The average Bonchev–Trinajstić information content (AvgIpc) is 2.64. The van der Waals surface area contributed by atoms with E-state index in [1.807, 2.05) is 6.07 Å². The van der Waals surface area contributed by atoms with Crippen LogP contribution >= 0.6 is 15.9 Å². The second-order valence-electron chi connectivity index (χ2n) is 2.84. The van der Waals surface area contributed by atoms with E-state index in [0.29, 0.717) is 17.1 Å². The van der Waals surface area contributed by atoms with Gasteiger partial charge in [-0.25, -0.2) is 0 Å². The van der Waals surface area contributed by atoms with Gasteiger partial charge in [0.25, 0.3) is 0 Å². The van der Waals surface area contributed by atoms with Gasteiger partial charge in [0.15, 0.2) is 11.5 Å². The van der Waals surface area contributed by atoms with E-state index in [-0.39, 0.29) is 6.79 Å². The predicted octanol–water partition coefficient (Wildman–Crippen LogP) is 1.70. The zero-order valence-electron chi connectivity index (χ0n) is 7.16. The van der Waals surface area contributed by atoms with Crippen LogP contribution in [0.1, 0.15) is 11.6 Å². The molecule has 0 spiro atoms. The summed E-state index contributed by atoms with van der Waals surface area (Å²) >= 11 is 3.33. The average molecular weight is 255 g/mol. The van der Waals surface area contributed by atoms with Crippen LogP contribution in [0.2, 0.25) is 0 Å². The first-order valence-corrected chi connectivity index (χ1v) is 4.76. The zero-order chi connectivity index (χ0) is 10.1. The molecule has 4 nitrogen and oxygen atoms in total. The highest BCUT2D eigenvalue weighted by Gasteiger charge is 2.19. The van der Waals surface area contributed by atoms with E-state index in [9.17, 15) is 0 Å². The van der Waals surface area contributed by atoms with Crippen molar-refractivity contribution in [3.05, 3.63) is 22.2 Å². The highest BCUT2D eigenvalue weighted by atomic mass is 79.9. The van der Waals surface area contributed by atoms with E-state index in [1.54, 1.807) is 12.1 Å². The van der Waals surface area contributed by atoms with Gasteiger partial charge in [-0.3, -0.25) is 0 Å². The number of halogens is 1. The van der Waals surface area contributed by atoms with Gasteiger partial charge in [0.2, 0.25) is 6.79 Å². The number of rotatable bonds is 1. The normalized spacial score (nSPS) is 14.9. The van der Waals surface area contributed by atoms with Crippen molar-refractivity contribution in [2.45, 2.75) is 6.04 Å². The summed E-state index contributed by atoms with van der Waals surface area (Å²) in [6.45, 7) is 0.208. The summed E-state index contributed by atoms with van der Waals surface area (Å²) in [6, 6.07) is 4.81.